The van der Waals surface area contributed by atoms with E-state index in [0.29, 0.717) is 6.04 Å². The molecule has 0 radical (unpaired) electrons. The molecule has 0 bridgehead atoms. The van der Waals surface area contributed by atoms with Crippen LogP contribution in [0, 0.1) is 5.92 Å². The predicted octanol–water partition coefficient (Wildman–Crippen LogP) is 2.53. The van der Waals surface area contributed by atoms with Gasteiger partial charge in [-0.25, -0.2) is 0 Å². The summed E-state index contributed by atoms with van der Waals surface area (Å²) in [7, 11) is 0. The molecule has 0 saturated heterocycles. The molecule has 1 saturated carbocycles. The maximum atomic E-state index is 5.53. The first-order valence-electron chi connectivity index (χ1n) is 8.93. The van der Waals surface area contributed by atoms with Gasteiger partial charge in [0.05, 0.1) is 13.2 Å². The van der Waals surface area contributed by atoms with Gasteiger partial charge in [-0.15, -0.1) is 0 Å². The zero-order chi connectivity index (χ0) is 15.3. The van der Waals surface area contributed by atoms with Gasteiger partial charge < -0.3 is 14.8 Å². The minimum absolute atomic E-state index is 0.714. The highest BCUT2D eigenvalue weighted by Crippen LogP contribution is 2.26. The van der Waals surface area contributed by atoms with Crippen LogP contribution in [0.3, 0.4) is 0 Å². The summed E-state index contributed by atoms with van der Waals surface area (Å²) in [4.78, 5) is 2.53. The Morgan fingerprint density at radius 2 is 1.67 bits per heavy atom. The Kier molecular flexibility index (Phi) is 11.1. The second kappa shape index (κ2) is 12.4. The van der Waals surface area contributed by atoms with Crippen LogP contribution in [0.15, 0.2) is 0 Å². The maximum absolute atomic E-state index is 5.53. The molecule has 0 aromatic heterocycles. The van der Waals surface area contributed by atoms with E-state index in [2.05, 4.69) is 31.0 Å². The third kappa shape index (κ3) is 8.15. The number of rotatable bonds is 13. The molecule has 1 N–H and O–H groups in total. The first-order chi connectivity index (χ1) is 10.3. The van der Waals surface area contributed by atoms with E-state index in [0.717, 1.165) is 52.0 Å². The Morgan fingerprint density at radius 3 is 2.24 bits per heavy atom. The van der Waals surface area contributed by atoms with Gasteiger partial charge in [0.1, 0.15) is 0 Å². The quantitative estimate of drug-likeness (QED) is 0.530. The summed E-state index contributed by atoms with van der Waals surface area (Å²) in [5.74, 6) is 0.791. The Hall–Kier alpha value is -0.160. The van der Waals surface area contributed by atoms with Crippen molar-refractivity contribution in [1.29, 1.82) is 0 Å². The van der Waals surface area contributed by atoms with Crippen molar-refractivity contribution in [2.45, 2.75) is 52.5 Å². The fraction of sp³-hybridized carbons (Fsp3) is 1.00. The van der Waals surface area contributed by atoms with E-state index < -0.39 is 0 Å². The van der Waals surface area contributed by atoms with Gasteiger partial charge in [-0.3, -0.25) is 4.90 Å². The molecule has 1 fully saturated rings. The van der Waals surface area contributed by atoms with E-state index in [1.54, 1.807) is 0 Å². The van der Waals surface area contributed by atoms with E-state index >= 15 is 0 Å². The lowest BCUT2D eigenvalue weighted by Gasteiger charge is -2.29. The van der Waals surface area contributed by atoms with Crippen molar-refractivity contribution in [1.82, 2.24) is 10.2 Å². The molecule has 0 aromatic carbocycles. The highest BCUT2D eigenvalue weighted by Gasteiger charge is 2.28. The minimum atomic E-state index is 0.714. The van der Waals surface area contributed by atoms with Crippen molar-refractivity contribution >= 4 is 0 Å². The molecule has 126 valence electrons. The minimum Gasteiger partial charge on any atom is -0.380 e. The Bertz CT molecular complexity index is 229. The van der Waals surface area contributed by atoms with E-state index in [-0.39, 0.29) is 0 Å². The van der Waals surface area contributed by atoms with Gasteiger partial charge >= 0.3 is 0 Å². The molecule has 0 aliphatic heterocycles. The van der Waals surface area contributed by atoms with Crippen LogP contribution in [0.2, 0.25) is 0 Å². The molecule has 1 aliphatic carbocycles. The van der Waals surface area contributed by atoms with E-state index in [1.807, 2.05) is 0 Å². The van der Waals surface area contributed by atoms with E-state index in [1.165, 1.54) is 32.2 Å². The lowest BCUT2D eigenvalue weighted by atomic mass is 10.0. The Morgan fingerprint density at radius 1 is 1.00 bits per heavy atom. The molecular formula is C17H36N2O2. The van der Waals surface area contributed by atoms with Crippen molar-refractivity contribution in [2.24, 2.45) is 5.92 Å². The number of nitrogens with one attached hydrogen (secondary N) is 1. The van der Waals surface area contributed by atoms with Crippen LogP contribution < -0.4 is 5.32 Å². The summed E-state index contributed by atoms with van der Waals surface area (Å²) >= 11 is 0. The maximum Gasteiger partial charge on any atom is 0.0593 e. The first kappa shape index (κ1) is 18.9. The molecule has 1 aliphatic rings. The summed E-state index contributed by atoms with van der Waals surface area (Å²) < 4.78 is 11.1. The largest absolute Gasteiger partial charge is 0.380 e. The average Bonchev–Trinajstić information content (AvgIpc) is 2.92. The SMILES string of the molecule is CCCNC1CCCC1CN(CCOCC)CCOCC. The summed E-state index contributed by atoms with van der Waals surface area (Å²) in [5, 5.41) is 3.73. The molecule has 1 rings (SSSR count). The lowest BCUT2D eigenvalue weighted by Crippen LogP contribution is -2.41. The van der Waals surface area contributed by atoms with Crippen LogP contribution in [0.1, 0.15) is 46.5 Å². The molecular weight excluding hydrogens is 264 g/mol. The Labute approximate surface area is 131 Å². The van der Waals surface area contributed by atoms with Crippen molar-refractivity contribution in [2.75, 3.05) is 52.6 Å². The van der Waals surface area contributed by atoms with Crippen LogP contribution in [0.5, 0.6) is 0 Å². The summed E-state index contributed by atoms with van der Waals surface area (Å²) in [6, 6.07) is 0.714. The second-order valence-electron chi connectivity index (χ2n) is 5.95. The molecule has 0 amide bonds. The molecule has 0 heterocycles. The van der Waals surface area contributed by atoms with Gasteiger partial charge in [0.15, 0.2) is 0 Å². The smallest absolute Gasteiger partial charge is 0.0593 e. The predicted molar refractivity (Wildman–Crippen MR) is 88.8 cm³/mol. The van der Waals surface area contributed by atoms with Crippen molar-refractivity contribution in [3.8, 4) is 0 Å². The highest BCUT2D eigenvalue weighted by molar-refractivity contribution is 4.85. The van der Waals surface area contributed by atoms with Gasteiger partial charge in [0.2, 0.25) is 0 Å². The number of ether oxygens (including phenoxy) is 2. The summed E-state index contributed by atoms with van der Waals surface area (Å²) in [6.07, 6.45) is 5.30. The third-order valence-electron chi connectivity index (χ3n) is 4.32. The lowest BCUT2D eigenvalue weighted by molar-refractivity contribution is 0.0738. The van der Waals surface area contributed by atoms with Crippen LogP contribution in [-0.4, -0.2) is 63.5 Å². The van der Waals surface area contributed by atoms with E-state index in [9.17, 15) is 0 Å². The average molecular weight is 300 g/mol. The van der Waals surface area contributed by atoms with Gasteiger partial charge in [-0.1, -0.05) is 13.3 Å². The summed E-state index contributed by atoms with van der Waals surface area (Å²) in [5.41, 5.74) is 0. The standard InChI is InChI=1S/C17H36N2O2/c1-4-10-18-17-9-7-8-16(17)15-19(11-13-20-5-2)12-14-21-6-3/h16-18H,4-15H2,1-3H3. The molecule has 4 nitrogen and oxygen atoms in total. The van der Waals surface area contributed by atoms with Crippen molar-refractivity contribution < 1.29 is 9.47 Å². The van der Waals surface area contributed by atoms with Crippen molar-refractivity contribution in [3.63, 3.8) is 0 Å². The van der Waals surface area contributed by atoms with Crippen molar-refractivity contribution in [3.05, 3.63) is 0 Å². The zero-order valence-corrected chi connectivity index (χ0v) is 14.4. The molecule has 2 unspecified atom stereocenters. The first-order valence-corrected chi connectivity index (χ1v) is 8.93. The molecule has 2 atom stereocenters. The van der Waals surface area contributed by atoms with Gasteiger partial charge in [-0.05, 0) is 45.6 Å². The second-order valence-corrected chi connectivity index (χ2v) is 5.95. The molecule has 21 heavy (non-hydrogen) atoms. The molecule has 0 spiro atoms. The van der Waals surface area contributed by atoms with Gasteiger partial charge in [0, 0.05) is 38.9 Å². The molecule has 4 heteroatoms. The number of nitrogens with zero attached hydrogens (tertiary/aromatic N) is 1. The van der Waals surface area contributed by atoms with E-state index in [4.69, 9.17) is 9.47 Å². The fourth-order valence-electron chi connectivity index (χ4n) is 3.16. The van der Waals surface area contributed by atoms with Crippen LogP contribution in [-0.2, 0) is 9.47 Å². The monoisotopic (exact) mass is 300 g/mol. The van der Waals surface area contributed by atoms with Gasteiger partial charge in [0.25, 0.3) is 0 Å². The fourth-order valence-corrected chi connectivity index (χ4v) is 3.16. The molecule has 0 aromatic rings. The van der Waals surface area contributed by atoms with Crippen LogP contribution >= 0.6 is 0 Å². The normalized spacial score (nSPS) is 22.3. The number of hydrogen-bond acceptors (Lipinski definition) is 4. The zero-order valence-electron chi connectivity index (χ0n) is 14.4. The van der Waals surface area contributed by atoms with Gasteiger partial charge in [-0.2, -0.15) is 0 Å². The van der Waals surface area contributed by atoms with Crippen LogP contribution in [0.4, 0.5) is 0 Å². The third-order valence-corrected chi connectivity index (χ3v) is 4.32. The highest BCUT2D eigenvalue weighted by atomic mass is 16.5. The Balaban J connectivity index is 2.36. The summed E-state index contributed by atoms with van der Waals surface area (Å²) in [6.45, 7) is 14.0. The number of hydrogen-bond donors (Lipinski definition) is 1. The van der Waals surface area contributed by atoms with Crippen LogP contribution in [0.25, 0.3) is 0 Å². The topological polar surface area (TPSA) is 33.7 Å².